The summed E-state index contributed by atoms with van der Waals surface area (Å²) in [6.45, 7) is 1.55. The van der Waals surface area contributed by atoms with Crippen LogP contribution in [0.4, 0.5) is 19.0 Å². The van der Waals surface area contributed by atoms with Crippen molar-refractivity contribution in [3.8, 4) is 0 Å². The number of hydrogen-bond donors (Lipinski definition) is 2. The van der Waals surface area contributed by atoms with Gasteiger partial charge in [0, 0.05) is 32.9 Å². The largest absolute Gasteiger partial charge is 0.451 e. The Labute approximate surface area is 163 Å². The Morgan fingerprint density at radius 2 is 2.07 bits per heavy atom. The van der Waals surface area contributed by atoms with Gasteiger partial charge in [-0.3, -0.25) is 9.48 Å². The second-order valence-electron chi connectivity index (χ2n) is 7.01. The summed E-state index contributed by atoms with van der Waals surface area (Å²) in [7, 11) is 1.74. The normalized spacial score (nSPS) is 15.8. The van der Waals surface area contributed by atoms with Crippen molar-refractivity contribution in [3.63, 3.8) is 0 Å². The van der Waals surface area contributed by atoms with Gasteiger partial charge in [-0.15, -0.1) is 0 Å². The first-order valence-electron chi connectivity index (χ1n) is 9.11. The molecule has 154 valence electrons. The van der Waals surface area contributed by atoms with E-state index >= 15 is 0 Å². The number of carbonyl (C=O) groups excluding carboxylic acids is 1. The molecule has 3 aromatic heterocycles. The number of piperidine rings is 1. The highest BCUT2D eigenvalue weighted by Gasteiger charge is 2.37. The molecule has 1 aliphatic heterocycles. The summed E-state index contributed by atoms with van der Waals surface area (Å²) in [5.41, 5.74) is 0.877. The van der Waals surface area contributed by atoms with Crippen LogP contribution in [0.3, 0.4) is 0 Å². The topological polar surface area (TPSA) is 105 Å². The van der Waals surface area contributed by atoms with Crippen LogP contribution in [0.1, 0.15) is 29.0 Å². The minimum atomic E-state index is -4.64. The minimum Gasteiger partial charge on any atom is -0.355 e. The number of H-pyrrole nitrogens is 1. The van der Waals surface area contributed by atoms with Crippen LogP contribution in [0, 0.1) is 5.92 Å². The lowest BCUT2D eigenvalue weighted by Crippen LogP contribution is -2.39. The van der Waals surface area contributed by atoms with Crippen LogP contribution < -0.4 is 10.2 Å². The maximum Gasteiger partial charge on any atom is 0.451 e. The van der Waals surface area contributed by atoms with Crippen molar-refractivity contribution in [2.45, 2.75) is 19.0 Å². The molecule has 0 radical (unpaired) electrons. The van der Waals surface area contributed by atoms with Crippen LogP contribution >= 0.6 is 0 Å². The Hall–Kier alpha value is -3.18. The van der Waals surface area contributed by atoms with E-state index in [9.17, 15) is 18.0 Å². The third kappa shape index (κ3) is 4.00. The maximum absolute atomic E-state index is 13.1. The number of aryl methyl sites for hydroxylation is 1. The van der Waals surface area contributed by atoms with Crippen molar-refractivity contribution >= 4 is 22.9 Å². The molecule has 1 amide bonds. The molecule has 4 heterocycles. The van der Waals surface area contributed by atoms with Gasteiger partial charge in [-0.2, -0.15) is 18.3 Å². The summed E-state index contributed by atoms with van der Waals surface area (Å²) >= 11 is 0. The molecular formula is C17H19F3N8O. The van der Waals surface area contributed by atoms with Gasteiger partial charge in [0.05, 0.1) is 18.1 Å². The number of rotatable bonds is 4. The molecule has 0 aromatic carbocycles. The highest BCUT2D eigenvalue weighted by molar-refractivity contribution is 5.93. The van der Waals surface area contributed by atoms with Crippen molar-refractivity contribution in [2.24, 2.45) is 13.0 Å². The number of halogens is 3. The number of aromatic nitrogens is 6. The minimum absolute atomic E-state index is 0.00631. The quantitative estimate of drug-likeness (QED) is 0.682. The fraction of sp³-hybridized carbons (Fsp3) is 0.471. The molecule has 9 nitrogen and oxygen atoms in total. The van der Waals surface area contributed by atoms with Crippen LogP contribution in [-0.4, -0.2) is 55.3 Å². The Morgan fingerprint density at radius 3 is 2.72 bits per heavy atom. The van der Waals surface area contributed by atoms with Crippen LogP contribution in [-0.2, 0) is 13.2 Å². The van der Waals surface area contributed by atoms with Crippen LogP contribution in [0.15, 0.2) is 18.7 Å². The first kappa shape index (κ1) is 19.2. The number of imidazole rings is 1. The summed E-state index contributed by atoms with van der Waals surface area (Å²) in [5.74, 6) is -0.950. The number of fused-ring (bicyclic) bond motifs is 1. The van der Waals surface area contributed by atoms with Gasteiger partial charge in [0.25, 0.3) is 5.91 Å². The molecule has 1 saturated heterocycles. The van der Waals surface area contributed by atoms with Gasteiger partial charge in [-0.1, -0.05) is 0 Å². The third-order valence-electron chi connectivity index (χ3n) is 4.95. The van der Waals surface area contributed by atoms with Gasteiger partial charge in [-0.05, 0) is 18.8 Å². The van der Waals surface area contributed by atoms with E-state index in [1.54, 1.807) is 22.8 Å². The molecule has 1 fully saturated rings. The number of anilines is 1. The SMILES string of the molecule is Cn1cc(C(=O)NCC2CCN(c3nc(C(F)(F)F)nc4nc[nH]c34)CC2)cn1. The van der Waals surface area contributed by atoms with Crippen molar-refractivity contribution in [1.82, 2.24) is 35.0 Å². The zero-order valence-corrected chi connectivity index (χ0v) is 15.6. The standard InChI is InChI=1S/C17H19F3N8O/c1-27-8-11(7-24-27)15(29)21-6-10-2-4-28(5-3-10)14-12-13(23-9-22-12)25-16(26-14)17(18,19)20/h7-10H,2-6H2,1H3,(H,21,29)(H,22,23,25,26). The predicted molar refractivity (Wildman–Crippen MR) is 97.2 cm³/mol. The second kappa shape index (κ2) is 7.33. The third-order valence-corrected chi connectivity index (χ3v) is 4.95. The van der Waals surface area contributed by atoms with Crippen molar-refractivity contribution in [1.29, 1.82) is 0 Å². The van der Waals surface area contributed by atoms with E-state index in [-0.39, 0.29) is 23.3 Å². The average molecular weight is 408 g/mol. The fourth-order valence-electron chi connectivity index (χ4n) is 3.40. The van der Waals surface area contributed by atoms with Gasteiger partial charge < -0.3 is 15.2 Å². The van der Waals surface area contributed by atoms with Gasteiger partial charge in [0.2, 0.25) is 5.82 Å². The molecule has 4 rings (SSSR count). The molecule has 0 atom stereocenters. The Morgan fingerprint density at radius 1 is 1.31 bits per heavy atom. The van der Waals surface area contributed by atoms with Crippen molar-refractivity contribution in [2.75, 3.05) is 24.5 Å². The van der Waals surface area contributed by atoms with E-state index in [0.29, 0.717) is 43.6 Å². The number of nitrogens with zero attached hydrogens (tertiary/aromatic N) is 6. The van der Waals surface area contributed by atoms with Crippen LogP contribution in [0.25, 0.3) is 11.2 Å². The highest BCUT2D eigenvalue weighted by atomic mass is 19.4. The van der Waals surface area contributed by atoms with Crippen LogP contribution in [0.2, 0.25) is 0 Å². The molecule has 0 aliphatic carbocycles. The van der Waals surface area contributed by atoms with Crippen LogP contribution in [0.5, 0.6) is 0 Å². The van der Waals surface area contributed by atoms with E-state index < -0.39 is 12.0 Å². The Kier molecular flexibility index (Phi) is 4.84. The van der Waals surface area contributed by atoms with Crippen molar-refractivity contribution in [3.05, 3.63) is 30.1 Å². The summed E-state index contributed by atoms with van der Waals surface area (Å²) in [6, 6.07) is 0. The molecule has 1 aliphatic rings. The lowest BCUT2D eigenvalue weighted by atomic mass is 9.96. The molecule has 2 N–H and O–H groups in total. The highest BCUT2D eigenvalue weighted by Crippen LogP contribution is 2.32. The molecule has 0 bridgehead atoms. The fourth-order valence-corrected chi connectivity index (χ4v) is 3.40. The predicted octanol–water partition coefficient (Wildman–Crippen LogP) is 1.75. The molecule has 0 spiro atoms. The molecule has 29 heavy (non-hydrogen) atoms. The van der Waals surface area contributed by atoms with Crippen molar-refractivity contribution < 1.29 is 18.0 Å². The number of amides is 1. The summed E-state index contributed by atoms with van der Waals surface area (Å²) in [5, 5.41) is 6.86. The maximum atomic E-state index is 13.1. The van der Waals surface area contributed by atoms with E-state index in [1.807, 2.05) is 0 Å². The van der Waals surface area contributed by atoms with E-state index in [1.165, 1.54) is 12.5 Å². The molecule has 12 heteroatoms. The van der Waals surface area contributed by atoms with Gasteiger partial charge in [-0.25, -0.2) is 15.0 Å². The zero-order chi connectivity index (χ0) is 20.6. The lowest BCUT2D eigenvalue weighted by Gasteiger charge is -2.33. The van der Waals surface area contributed by atoms with Gasteiger partial charge in [0.15, 0.2) is 11.5 Å². The number of carbonyl (C=O) groups is 1. The summed E-state index contributed by atoms with van der Waals surface area (Å²) < 4.78 is 40.9. The smallest absolute Gasteiger partial charge is 0.355 e. The van der Waals surface area contributed by atoms with Gasteiger partial charge >= 0.3 is 6.18 Å². The van der Waals surface area contributed by atoms with Gasteiger partial charge in [0.1, 0.15) is 5.52 Å². The number of nitrogens with one attached hydrogen (secondary N) is 2. The Balaban J connectivity index is 1.41. The molecule has 0 saturated carbocycles. The number of hydrogen-bond acceptors (Lipinski definition) is 6. The average Bonchev–Trinajstić information content (AvgIpc) is 3.34. The van der Waals surface area contributed by atoms with E-state index in [4.69, 9.17) is 0 Å². The Bertz CT molecular complexity index is 1020. The van der Waals surface area contributed by atoms with E-state index in [0.717, 1.165) is 0 Å². The molecule has 3 aromatic rings. The number of alkyl halides is 3. The molecular weight excluding hydrogens is 389 g/mol. The first-order chi connectivity index (χ1) is 13.8. The monoisotopic (exact) mass is 408 g/mol. The summed E-state index contributed by atoms with van der Waals surface area (Å²) in [4.78, 5) is 27.9. The van der Waals surface area contributed by atoms with E-state index in [2.05, 4.69) is 30.4 Å². The second-order valence-corrected chi connectivity index (χ2v) is 7.01. The number of aromatic amines is 1. The first-order valence-corrected chi connectivity index (χ1v) is 9.11. The zero-order valence-electron chi connectivity index (χ0n) is 15.6. The summed E-state index contributed by atoms with van der Waals surface area (Å²) in [6.07, 6.45) is 1.24. The molecule has 0 unspecified atom stereocenters. The lowest BCUT2D eigenvalue weighted by molar-refractivity contribution is -0.144.